The van der Waals surface area contributed by atoms with Gasteiger partial charge < -0.3 is 15.2 Å². The molecule has 1 atom stereocenters. The number of carboxylic acids is 1. The first-order valence-corrected chi connectivity index (χ1v) is 9.00. The van der Waals surface area contributed by atoms with Crippen LogP contribution in [0.25, 0.3) is 0 Å². The number of carboxylic acid groups (broad SMARTS) is 1. The van der Waals surface area contributed by atoms with Gasteiger partial charge in [0.1, 0.15) is 11.8 Å². The van der Waals surface area contributed by atoms with E-state index < -0.39 is 12.0 Å². The number of ether oxygens (including phenoxy) is 1. The van der Waals surface area contributed by atoms with E-state index in [1.165, 1.54) is 11.8 Å². The highest BCUT2D eigenvalue weighted by Gasteiger charge is 2.19. The maximum atomic E-state index is 12.0. The van der Waals surface area contributed by atoms with E-state index in [4.69, 9.17) is 4.74 Å². The van der Waals surface area contributed by atoms with E-state index in [1.54, 1.807) is 7.11 Å². The van der Waals surface area contributed by atoms with Gasteiger partial charge in [-0.3, -0.25) is 4.79 Å². The molecule has 2 rings (SSSR count). The Kier molecular flexibility index (Phi) is 7.35. The minimum Gasteiger partial charge on any atom is -0.497 e. The molecule has 0 aromatic heterocycles. The van der Waals surface area contributed by atoms with E-state index in [0.29, 0.717) is 11.5 Å². The average molecular weight is 359 g/mol. The van der Waals surface area contributed by atoms with Crippen molar-refractivity contribution in [2.45, 2.75) is 18.2 Å². The lowest BCUT2D eigenvalue weighted by atomic mass is 10.1. The Bertz CT molecular complexity index is 688. The number of hydrogen-bond acceptors (Lipinski definition) is 4. The monoisotopic (exact) mass is 359 g/mol. The fraction of sp³-hybridized carbons (Fsp3) is 0.263. The van der Waals surface area contributed by atoms with Crippen molar-refractivity contribution in [3.05, 3.63) is 65.7 Å². The molecule has 2 aromatic rings. The Hall–Kier alpha value is -2.47. The molecule has 0 unspecified atom stereocenters. The van der Waals surface area contributed by atoms with Crippen molar-refractivity contribution in [1.29, 1.82) is 0 Å². The molecule has 132 valence electrons. The molecule has 0 bridgehead atoms. The van der Waals surface area contributed by atoms with Gasteiger partial charge in [0.2, 0.25) is 5.91 Å². The van der Waals surface area contributed by atoms with Crippen molar-refractivity contribution in [2.24, 2.45) is 0 Å². The summed E-state index contributed by atoms with van der Waals surface area (Å²) in [4.78, 5) is 23.4. The number of aliphatic carboxylic acids is 1. The molecule has 0 fully saturated rings. The van der Waals surface area contributed by atoms with Crippen LogP contribution in [0.15, 0.2) is 54.6 Å². The second-order valence-corrected chi connectivity index (χ2v) is 6.51. The summed E-state index contributed by atoms with van der Waals surface area (Å²) in [7, 11) is 1.61. The summed E-state index contributed by atoms with van der Waals surface area (Å²) in [6, 6.07) is 16.0. The van der Waals surface area contributed by atoms with Crippen molar-refractivity contribution in [3.63, 3.8) is 0 Å². The largest absolute Gasteiger partial charge is 0.497 e. The van der Waals surface area contributed by atoms with E-state index in [1.807, 2.05) is 54.6 Å². The molecular formula is C19H21NO4S. The van der Waals surface area contributed by atoms with Gasteiger partial charge in [0.05, 0.1) is 13.5 Å². The van der Waals surface area contributed by atoms with Crippen molar-refractivity contribution in [2.75, 3.05) is 12.9 Å². The summed E-state index contributed by atoms with van der Waals surface area (Å²) in [6.07, 6.45) is 0.174. The molecule has 2 N–H and O–H groups in total. The first kappa shape index (κ1) is 18.9. The molecule has 0 aliphatic carbocycles. The second kappa shape index (κ2) is 9.74. The summed E-state index contributed by atoms with van der Waals surface area (Å²) in [5, 5.41) is 11.9. The molecule has 1 amide bonds. The van der Waals surface area contributed by atoms with Crippen LogP contribution in [0.2, 0.25) is 0 Å². The van der Waals surface area contributed by atoms with E-state index in [0.717, 1.165) is 16.9 Å². The molecule has 0 aliphatic heterocycles. The molecule has 0 saturated carbocycles. The van der Waals surface area contributed by atoms with Gasteiger partial charge in [-0.15, -0.1) is 0 Å². The Balaban J connectivity index is 1.81. The smallest absolute Gasteiger partial charge is 0.327 e. The molecule has 0 saturated heterocycles. The molecule has 0 aliphatic rings. The lowest BCUT2D eigenvalue weighted by Gasteiger charge is -2.14. The van der Waals surface area contributed by atoms with Gasteiger partial charge in [-0.05, 0) is 23.3 Å². The summed E-state index contributed by atoms with van der Waals surface area (Å²) in [6.45, 7) is 0. The number of thioether (sulfide) groups is 1. The predicted octanol–water partition coefficient (Wildman–Crippen LogP) is 2.74. The summed E-state index contributed by atoms with van der Waals surface area (Å²) in [5.74, 6) is 0.446. The minimum absolute atomic E-state index is 0.174. The minimum atomic E-state index is -1.02. The highest BCUT2D eigenvalue weighted by molar-refractivity contribution is 7.98. The topological polar surface area (TPSA) is 75.6 Å². The van der Waals surface area contributed by atoms with Crippen LogP contribution in [0.3, 0.4) is 0 Å². The second-order valence-electron chi connectivity index (χ2n) is 5.48. The molecule has 5 nitrogen and oxygen atoms in total. The maximum Gasteiger partial charge on any atom is 0.327 e. The zero-order valence-electron chi connectivity index (χ0n) is 14.0. The summed E-state index contributed by atoms with van der Waals surface area (Å²) >= 11 is 1.47. The van der Waals surface area contributed by atoms with Crippen molar-refractivity contribution in [1.82, 2.24) is 5.32 Å². The fourth-order valence-electron chi connectivity index (χ4n) is 2.22. The molecule has 25 heavy (non-hydrogen) atoms. The van der Waals surface area contributed by atoms with Crippen LogP contribution >= 0.6 is 11.8 Å². The van der Waals surface area contributed by atoms with Crippen LogP contribution in [0, 0.1) is 0 Å². The van der Waals surface area contributed by atoms with Crippen molar-refractivity contribution < 1.29 is 19.4 Å². The Morgan fingerprint density at radius 3 is 2.36 bits per heavy atom. The lowest BCUT2D eigenvalue weighted by molar-refractivity contribution is -0.141. The molecule has 0 spiro atoms. The third-order valence-corrected chi connectivity index (χ3v) is 4.66. The quantitative estimate of drug-likeness (QED) is 0.720. The van der Waals surface area contributed by atoms with Gasteiger partial charge in [-0.25, -0.2) is 4.79 Å². The number of hydrogen-bond donors (Lipinski definition) is 2. The van der Waals surface area contributed by atoms with Gasteiger partial charge in [0, 0.05) is 11.5 Å². The number of amides is 1. The van der Waals surface area contributed by atoms with E-state index >= 15 is 0 Å². The van der Waals surface area contributed by atoms with Crippen LogP contribution < -0.4 is 10.1 Å². The van der Waals surface area contributed by atoms with Crippen LogP contribution in [-0.4, -0.2) is 35.9 Å². The van der Waals surface area contributed by atoms with Crippen molar-refractivity contribution >= 4 is 23.6 Å². The SMILES string of the molecule is COc1ccc(CSC[C@H](NC(=O)Cc2ccccc2)C(=O)O)cc1. The third-order valence-electron chi connectivity index (χ3n) is 3.55. The fourth-order valence-corrected chi connectivity index (χ4v) is 3.23. The number of rotatable bonds is 9. The third kappa shape index (κ3) is 6.51. The Labute approximate surface area is 151 Å². The van der Waals surface area contributed by atoms with Crippen LogP contribution in [0.4, 0.5) is 0 Å². The molecule has 6 heteroatoms. The van der Waals surface area contributed by atoms with Gasteiger partial charge in [0.15, 0.2) is 0 Å². The van der Waals surface area contributed by atoms with E-state index in [9.17, 15) is 14.7 Å². The number of carbonyl (C=O) groups is 2. The van der Waals surface area contributed by atoms with Gasteiger partial charge in [0.25, 0.3) is 0 Å². The Morgan fingerprint density at radius 1 is 1.08 bits per heavy atom. The van der Waals surface area contributed by atoms with Gasteiger partial charge in [-0.2, -0.15) is 11.8 Å². The van der Waals surface area contributed by atoms with Crippen molar-refractivity contribution in [3.8, 4) is 5.75 Å². The van der Waals surface area contributed by atoms with E-state index in [-0.39, 0.29) is 12.3 Å². The van der Waals surface area contributed by atoms with Crippen LogP contribution in [-0.2, 0) is 21.8 Å². The van der Waals surface area contributed by atoms with E-state index in [2.05, 4.69) is 5.32 Å². The zero-order chi connectivity index (χ0) is 18.1. The number of nitrogens with one attached hydrogen (secondary N) is 1. The maximum absolute atomic E-state index is 12.0. The lowest BCUT2D eigenvalue weighted by Crippen LogP contribution is -2.43. The predicted molar refractivity (Wildman–Crippen MR) is 98.9 cm³/mol. The van der Waals surface area contributed by atoms with Crippen LogP contribution in [0.1, 0.15) is 11.1 Å². The normalized spacial score (nSPS) is 11.6. The molecule has 2 aromatic carbocycles. The number of methoxy groups -OCH3 is 1. The molecule has 0 heterocycles. The summed E-state index contributed by atoms with van der Waals surface area (Å²) in [5.41, 5.74) is 1.93. The van der Waals surface area contributed by atoms with Crippen LogP contribution in [0.5, 0.6) is 5.75 Å². The Morgan fingerprint density at radius 2 is 1.76 bits per heavy atom. The first-order chi connectivity index (χ1) is 12.1. The van der Waals surface area contributed by atoms with Gasteiger partial charge in [-0.1, -0.05) is 42.5 Å². The average Bonchev–Trinajstić information content (AvgIpc) is 2.62. The first-order valence-electron chi connectivity index (χ1n) is 7.85. The number of carbonyl (C=O) groups excluding carboxylic acids is 1. The standard InChI is InChI=1S/C19H21NO4S/c1-24-16-9-7-15(8-10-16)12-25-13-17(19(22)23)20-18(21)11-14-5-3-2-4-6-14/h2-10,17H,11-13H2,1H3,(H,20,21)(H,22,23)/t17-/m0/s1. The highest BCUT2D eigenvalue weighted by atomic mass is 32.2. The number of benzene rings is 2. The summed E-state index contributed by atoms with van der Waals surface area (Å²) < 4.78 is 5.10. The molecule has 0 radical (unpaired) electrons. The highest BCUT2D eigenvalue weighted by Crippen LogP contribution is 2.17. The zero-order valence-corrected chi connectivity index (χ0v) is 14.8. The molecular weight excluding hydrogens is 338 g/mol. The van der Waals surface area contributed by atoms with Gasteiger partial charge >= 0.3 is 5.97 Å².